The molecule has 0 amide bonds. The van der Waals surface area contributed by atoms with Crippen LogP contribution in [-0.4, -0.2) is 14.7 Å². The van der Waals surface area contributed by atoms with Crippen molar-refractivity contribution in [2.24, 2.45) is 0 Å². The highest BCUT2D eigenvalue weighted by atomic mass is 16.6. The van der Waals surface area contributed by atoms with Crippen molar-refractivity contribution in [3.63, 3.8) is 0 Å². The van der Waals surface area contributed by atoms with Crippen LogP contribution in [0.15, 0.2) is 0 Å². The fraction of sp³-hybridized carbons (Fsp3) is 0.667. The van der Waals surface area contributed by atoms with Gasteiger partial charge in [-0.3, -0.25) is 14.8 Å². The van der Waals surface area contributed by atoms with E-state index in [1.54, 1.807) is 0 Å². The highest BCUT2D eigenvalue weighted by molar-refractivity contribution is 5.23. The molecule has 0 aromatic carbocycles. The average molecular weight is 197 g/mol. The molecule has 0 aliphatic rings. The molecule has 5 nitrogen and oxygen atoms in total. The van der Waals surface area contributed by atoms with Crippen LogP contribution >= 0.6 is 0 Å². The molecule has 0 atom stereocenters. The van der Waals surface area contributed by atoms with Crippen LogP contribution in [0.5, 0.6) is 0 Å². The van der Waals surface area contributed by atoms with Crippen LogP contribution in [0.4, 0.5) is 0 Å². The lowest BCUT2D eigenvalue weighted by atomic mass is 10.2. The quantitative estimate of drug-likeness (QED) is 0.548. The molecule has 0 bridgehead atoms. The van der Waals surface area contributed by atoms with E-state index in [1.165, 1.54) is 0 Å². The van der Waals surface area contributed by atoms with E-state index in [-0.39, 0.29) is 17.5 Å². The van der Waals surface area contributed by atoms with Crippen LogP contribution in [0.1, 0.15) is 36.8 Å². The largest absolute Gasteiger partial charge is 0.267 e. The van der Waals surface area contributed by atoms with Gasteiger partial charge in [0.1, 0.15) is 0 Å². The van der Waals surface area contributed by atoms with Crippen LogP contribution in [0.25, 0.3) is 0 Å². The molecule has 5 heteroatoms. The van der Waals surface area contributed by atoms with Crippen molar-refractivity contribution in [2.45, 2.75) is 40.3 Å². The Balaban J connectivity index is 3.11. The predicted octanol–water partition coefficient (Wildman–Crippen LogP) is 1.86. The molecule has 0 aliphatic carbocycles. The summed E-state index contributed by atoms with van der Waals surface area (Å²) in [6, 6.07) is 0.245. The van der Waals surface area contributed by atoms with E-state index in [9.17, 15) is 10.1 Å². The molecule has 78 valence electrons. The molecule has 0 spiro atoms. The molecule has 0 unspecified atom stereocenters. The zero-order valence-electron chi connectivity index (χ0n) is 8.94. The zero-order valence-corrected chi connectivity index (χ0v) is 8.94. The predicted molar refractivity (Wildman–Crippen MR) is 52.8 cm³/mol. The monoisotopic (exact) mass is 197 g/mol. The first-order valence-electron chi connectivity index (χ1n) is 4.60. The maximum absolute atomic E-state index is 10.4. The van der Waals surface area contributed by atoms with Gasteiger partial charge in [-0.15, -0.1) is 0 Å². The van der Waals surface area contributed by atoms with Gasteiger partial charge in [-0.2, -0.15) is 5.10 Å². The topological polar surface area (TPSA) is 61.0 Å². The van der Waals surface area contributed by atoms with Gasteiger partial charge in [0.25, 0.3) is 0 Å². The Morgan fingerprint density at radius 2 is 2.07 bits per heavy atom. The summed E-state index contributed by atoms with van der Waals surface area (Å²) in [5.74, 6) is 0. The highest BCUT2D eigenvalue weighted by Crippen LogP contribution is 2.17. The van der Waals surface area contributed by atoms with Crippen molar-refractivity contribution in [2.75, 3.05) is 0 Å². The van der Waals surface area contributed by atoms with Gasteiger partial charge < -0.3 is 0 Å². The highest BCUT2D eigenvalue weighted by Gasteiger charge is 2.16. The van der Waals surface area contributed by atoms with Crippen LogP contribution in [-0.2, 0) is 6.54 Å². The lowest BCUT2D eigenvalue weighted by Crippen LogP contribution is -2.06. The molecular weight excluding hydrogens is 182 g/mol. The second kappa shape index (κ2) is 3.77. The summed E-state index contributed by atoms with van der Waals surface area (Å²) in [4.78, 5) is 10.1. The van der Waals surface area contributed by atoms with E-state index < -0.39 is 0 Å². The Kier molecular flexibility index (Phi) is 2.88. The van der Waals surface area contributed by atoms with Crippen LogP contribution in [0.3, 0.4) is 0 Å². The normalized spacial score (nSPS) is 10.9. The van der Waals surface area contributed by atoms with Gasteiger partial charge in [-0.25, -0.2) is 0 Å². The summed E-state index contributed by atoms with van der Waals surface area (Å²) >= 11 is 0. The zero-order chi connectivity index (χ0) is 10.9. The maximum atomic E-state index is 10.4. The van der Waals surface area contributed by atoms with Crippen LogP contribution in [0.2, 0.25) is 0 Å². The minimum absolute atomic E-state index is 0.135. The minimum atomic E-state index is -0.318. The minimum Gasteiger partial charge on any atom is -0.267 e. The third-order valence-corrected chi connectivity index (χ3v) is 2.25. The fourth-order valence-electron chi connectivity index (χ4n) is 1.56. The number of rotatable bonds is 3. The second-order valence-electron chi connectivity index (χ2n) is 3.68. The maximum Gasteiger partial charge on any atom is 0.232 e. The summed E-state index contributed by atoms with van der Waals surface area (Å²) in [5.41, 5.74) is 2.39. The number of aromatic nitrogens is 2. The molecule has 1 aromatic heterocycles. The number of nitro groups is 1. The van der Waals surface area contributed by atoms with Crippen molar-refractivity contribution >= 4 is 0 Å². The first-order valence-corrected chi connectivity index (χ1v) is 4.60. The molecule has 0 radical (unpaired) electrons. The summed E-state index contributed by atoms with van der Waals surface area (Å²) < 4.78 is 1.83. The van der Waals surface area contributed by atoms with E-state index in [2.05, 4.69) is 5.10 Å². The summed E-state index contributed by atoms with van der Waals surface area (Å²) in [6.07, 6.45) is 0. The Bertz CT molecular complexity index is 355. The third-order valence-electron chi connectivity index (χ3n) is 2.25. The first-order chi connectivity index (χ1) is 6.43. The molecule has 0 saturated heterocycles. The Morgan fingerprint density at radius 3 is 2.43 bits per heavy atom. The van der Waals surface area contributed by atoms with Gasteiger partial charge in [0.05, 0.1) is 11.3 Å². The summed E-state index contributed by atoms with van der Waals surface area (Å²) in [5, 5.41) is 14.7. The smallest absolute Gasteiger partial charge is 0.232 e. The molecule has 0 N–H and O–H groups in total. The molecular formula is C9H15N3O2. The van der Waals surface area contributed by atoms with E-state index in [4.69, 9.17) is 0 Å². The average Bonchev–Trinajstić information content (AvgIpc) is 2.31. The molecule has 0 fully saturated rings. The number of aryl methyl sites for hydroxylation is 1. The lowest BCUT2D eigenvalue weighted by Gasteiger charge is -2.07. The lowest BCUT2D eigenvalue weighted by molar-refractivity contribution is -0.497. The fourth-order valence-corrected chi connectivity index (χ4v) is 1.56. The molecule has 1 rings (SSSR count). The first kappa shape index (κ1) is 10.7. The molecule has 1 heterocycles. The Hall–Kier alpha value is -1.39. The molecule has 0 aliphatic heterocycles. The van der Waals surface area contributed by atoms with Gasteiger partial charge in [0, 0.05) is 16.7 Å². The third kappa shape index (κ3) is 1.92. The van der Waals surface area contributed by atoms with Crippen LogP contribution in [0, 0.1) is 24.0 Å². The van der Waals surface area contributed by atoms with Crippen molar-refractivity contribution in [3.05, 3.63) is 27.1 Å². The van der Waals surface area contributed by atoms with Gasteiger partial charge in [-0.1, -0.05) is 0 Å². The standard InChI is InChI=1S/C9H15N3O2/c1-6(2)12-8(4)9(5-11(13)14)7(3)10-12/h6H,5H2,1-4H3. The summed E-state index contributed by atoms with van der Waals surface area (Å²) in [6.45, 7) is 7.57. The van der Waals surface area contributed by atoms with Crippen molar-refractivity contribution < 1.29 is 4.92 Å². The number of hydrogen-bond acceptors (Lipinski definition) is 3. The van der Waals surface area contributed by atoms with Gasteiger partial charge in [0.2, 0.25) is 6.54 Å². The summed E-state index contributed by atoms with van der Waals surface area (Å²) in [7, 11) is 0. The number of hydrogen-bond donors (Lipinski definition) is 0. The Morgan fingerprint density at radius 1 is 1.50 bits per heavy atom. The molecule has 1 aromatic rings. The van der Waals surface area contributed by atoms with E-state index in [1.807, 2.05) is 32.4 Å². The van der Waals surface area contributed by atoms with E-state index in [0.29, 0.717) is 0 Å². The van der Waals surface area contributed by atoms with Gasteiger partial charge in [-0.05, 0) is 27.7 Å². The Labute approximate surface area is 82.9 Å². The molecule has 14 heavy (non-hydrogen) atoms. The van der Waals surface area contributed by atoms with Gasteiger partial charge in [0.15, 0.2) is 0 Å². The van der Waals surface area contributed by atoms with Gasteiger partial charge >= 0.3 is 0 Å². The number of nitrogens with zero attached hydrogens (tertiary/aromatic N) is 3. The van der Waals surface area contributed by atoms with Crippen molar-refractivity contribution in [1.82, 2.24) is 9.78 Å². The molecule has 0 saturated carbocycles. The second-order valence-corrected chi connectivity index (χ2v) is 3.68. The van der Waals surface area contributed by atoms with Crippen molar-refractivity contribution in [3.8, 4) is 0 Å². The SMILES string of the molecule is Cc1nn(C(C)C)c(C)c1C[N+](=O)[O-]. The van der Waals surface area contributed by atoms with E-state index >= 15 is 0 Å². The van der Waals surface area contributed by atoms with Crippen molar-refractivity contribution in [1.29, 1.82) is 0 Å². The van der Waals surface area contributed by atoms with Crippen LogP contribution < -0.4 is 0 Å². The van der Waals surface area contributed by atoms with E-state index in [0.717, 1.165) is 17.0 Å².